The second-order valence-electron chi connectivity index (χ2n) is 5.05. The first-order valence-corrected chi connectivity index (χ1v) is 6.98. The van der Waals surface area contributed by atoms with E-state index in [4.69, 9.17) is 9.26 Å². The van der Waals surface area contributed by atoms with Crippen LogP contribution in [-0.2, 0) is 4.79 Å². The molecule has 0 unspecified atom stereocenters. The van der Waals surface area contributed by atoms with Gasteiger partial charge in [0.25, 0.3) is 0 Å². The molecule has 2 rings (SSSR count). The minimum absolute atomic E-state index is 0.101. The monoisotopic (exact) mass is 288 g/mol. The number of amides is 1. The van der Waals surface area contributed by atoms with Crippen LogP contribution in [0.1, 0.15) is 29.7 Å². The molecule has 0 spiro atoms. The molecule has 0 aliphatic carbocycles. The molecule has 1 heterocycles. The fourth-order valence-corrected chi connectivity index (χ4v) is 2.06. The van der Waals surface area contributed by atoms with Crippen LogP contribution in [0.3, 0.4) is 0 Å². The summed E-state index contributed by atoms with van der Waals surface area (Å²) in [5.41, 5.74) is 2.96. The van der Waals surface area contributed by atoms with Gasteiger partial charge in [-0.2, -0.15) is 0 Å². The van der Waals surface area contributed by atoms with E-state index in [-0.39, 0.29) is 5.91 Å². The molecule has 112 valence electrons. The molecule has 0 saturated carbocycles. The van der Waals surface area contributed by atoms with Crippen molar-refractivity contribution in [3.63, 3.8) is 0 Å². The van der Waals surface area contributed by atoms with Gasteiger partial charge in [-0.3, -0.25) is 10.1 Å². The van der Waals surface area contributed by atoms with Crippen molar-refractivity contribution in [3.05, 3.63) is 41.1 Å². The van der Waals surface area contributed by atoms with Crippen LogP contribution in [0.2, 0.25) is 0 Å². The largest absolute Gasteiger partial charge is 0.493 e. The number of aryl methyl sites for hydroxylation is 3. The van der Waals surface area contributed by atoms with Crippen molar-refractivity contribution in [2.24, 2.45) is 0 Å². The zero-order valence-electron chi connectivity index (χ0n) is 12.6. The summed E-state index contributed by atoms with van der Waals surface area (Å²) in [6.07, 6.45) is 1.03. The number of ether oxygens (including phenoxy) is 1. The molecular weight excluding hydrogens is 268 g/mol. The maximum Gasteiger partial charge on any atom is 0.231 e. The van der Waals surface area contributed by atoms with E-state index >= 15 is 0 Å². The molecule has 1 aromatic heterocycles. The number of carbonyl (C=O) groups is 1. The molecule has 0 atom stereocenters. The topological polar surface area (TPSA) is 64.4 Å². The molecule has 0 fully saturated rings. The Morgan fingerprint density at radius 1 is 1.29 bits per heavy atom. The minimum atomic E-state index is -0.101. The number of nitrogens with one attached hydrogen (secondary N) is 1. The van der Waals surface area contributed by atoms with Crippen LogP contribution in [0.5, 0.6) is 5.75 Å². The lowest BCUT2D eigenvalue weighted by molar-refractivity contribution is -0.116. The predicted molar refractivity (Wildman–Crippen MR) is 80.5 cm³/mol. The maximum absolute atomic E-state index is 11.7. The third-order valence-corrected chi connectivity index (χ3v) is 3.09. The first kappa shape index (κ1) is 15.1. The summed E-state index contributed by atoms with van der Waals surface area (Å²) >= 11 is 0. The Labute approximate surface area is 124 Å². The van der Waals surface area contributed by atoms with Crippen molar-refractivity contribution in [1.82, 2.24) is 5.16 Å². The molecule has 21 heavy (non-hydrogen) atoms. The highest BCUT2D eigenvalue weighted by atomic mass is 16.5. The van der Waals surface area contributed by atoms with Crippen LogP contribution < -0.4 is 10.1 Å². The minimum Gasteiger partial charge on any atom is -0.493 e. The second kappa shape index (κ2) is 6.92. The normalized spacial score (nSPS) is 10.4. The van der Waals surface area contributed by atoms with E-state index in [1.165, 1.54) is 0 Å². The van der Waals surface area contributed by atoms with Gasteiger partial charge < -0.3 is 9.26 Å². The van der Waals surface area contributed by atoms with E-state index in [9.17, 15) is 4.79 Å². The number of benzene rings is 1. The lowest BCUT2D eigenvalue weighted by Crippen LogP contribution is -2.12. The van der Waals surface area contributed by atoms with Crippen LogP contribution in [0.4, 0.5) is 5.88 Å². The second-order valence-corrected chi connectivity index (χ2v) is 5.05. The molecule has 0 aliphatic heterocycles. The van der Waals surface area contributed by atoms with Crippen LogP contribution in [0.15, 0.2) is 28.8 Å². The summed E-state index contributed by atoms with van der Waals surface area (Å²) in [5.74, 6) is 1.19. The number of hydrogen-bond donors (Lipinski definition) is 1. The van der Waals surface area contributed by atoms with Gasteiger partial charge in [-0.15, -0.1) is 0 Å². The van der Waals surface area contributed by atoms with E-state index < -0.39 is 0 Å². The Hall–Kier alpha value is -2.30. The van der Waals surface area contributed by atoms with E-state index in [0.717, 1.165) is 22.6 Å². The molecule has 0 bridgehead atoms. The van der Waals surface area contributed by atoms with Crippen LogP contribution in [-0.4, -0.2) is 17.7 Å². The standard InChI is InChI=1S/C16H20N2O3/c1-11-6-4-7-12(2)16(11)20-9-5-8-14(19)17-15-10-13(3)18-21-15/h4,6-7,10H,5,8-9H2,1-3H3,(H,17,19). The number of aromatic nitrogens is 1. The van der Waals surface area contributed by atoms with E-state index in [0.29, 0.717) is 25.3 Å². The van der Waals surface area contributed by atoms with Crippen LogP contribution in [0.25, 0.3) is 0 Å². The van der Waals surface area contributed by atoms with Crippen molar-refractivity contribution in [1.29, 1.82) is 0 Å². The van der Waals surface area contributed by atoms with Crippen LogP contribution in [0, 0.1) is 20.8 Å². The van der Waals surface area contributed by atoms with E-state index in [1.54, 1.807) is 13.0 Å². The molecule has 0 radical (unpaired) electrons. The van der Waals surface area contributed by atoms with Gasteiger partial charge in [0, 0.05) is 12.5 Å². The van der Waals surface area contributed by atoms with Gasteiger partial charge >= 0.3 is 0 Å². The third-order valence-electron chi connectivity index (χ3n) is 3.09. The van der Waals surface area contributed by atoms with Crippen LogP contribution >= 0.6 is 0 Å². The highest BCUT2D eigenvalue weighted by Gasteiger charge is 2.07. The van der Waals surface area contributed by atoms with Gasteiger partial charge in [0.05, 0.1) is 12.3 Å². The third kappa shape index (κ3) is 4.34. The van der Waals surface area contributed by atoms with Crippen molar-refractivity contribution in [2.45, 2.75) is 33.6 Å². The summed E-state index contributed by atoms with van der Waals surface area (Å²) in [5, 5.41) is 6.37. The lowest BCUT2D eigenvalue weighted by atomic mass is 10.1. The molecule has 1 N–H and O–H groups in total. The number of nitrogens with zero attached hydrogens (tertiary/aromatic N) is 1. The van der Waals surface area contributed by atoms with Crippen molar-refractivity contribution in [2.75, 3.05) is 11.9 Å². The quantitative estimate of drug-likeness (QED) is 0.827. The Balaban J connectivity index is 1.73. The van der Waals surface area contributed by atoms with Crippen molar-refractivity contribution >= 4 is 11.8 Å². The highest BCUT2D eigenvalue weighted by molar-refractivity contribution is 5.89. The average molecular weight is 288 g/mol. The lowest BCUT2D eigenvalue weighted by Gasteiger charge is -2.11. The number of hydrogen-bond acceptors (Lipinski definition) is 4. The average Bonchev–Trinajstić information content (AvgIpc) is 2.82. The molecule has 0 aliphatic rings. The zero-order valence-corrected chi connectivity index (χ0v) is 12.6. The number of anilines is 1. The van der Waals surface area contributed by atoms with Gasteiger partial charge in [-0.1, -0.05) is 23.4 Å². The predicted octanol–water partition coefficient (Wildman–Crippen LogP) is 3.40. The molecule has 0 saturated heterocycles. The summed E-state index contributed by atoms with van der Waals surface area (Å²) in [6, 6.07) is 7.72. The smallest absolute Gasteiger partial charge is 0.231 e. The van der Waals surface area contributed by atoms with Crippen molar-refractivity contribution < 1.29 is 14.1 Å². The Morgan fingerprint density at radius 2 is 2.00 bits per heavy atom. The molecular formula is C16H20N2O3. The van der Waals surface area contributed by atoms with Gasteiger partial charge in [-0.25, -0.2) is 0 Å². The summed E-state index contributed by atoms with van der Waals surface area (Å²) in [7, 11) is 0. The van der Waals surface area contributed by atoms with Gasteiger partial charge in [0.2, 0.25) is 11.8 Å². The number of rotatable bonds is 6. The Kier molecular flexibility index (Phi) is 4.98. The van der Waals surface area contributed by atoms with E-state index in [2.05, 4.69) is 10.5 Å². The Bertz CT molecular complexity index is 599. The van der Waals surface area contributed by atoms with Gasteiger partial charge in [0.1, 0.15) is 5.75 Å². The van der Waals surface area contributed by atoms with Crippen molar-refractivity contribution in [3.8, 4) is 5.75 Å². The molecule has 1 amide bonds. The molecule has 5 heteroatoms. The first-order chi connectivity index (χ1) is 10.1. The molecule has 2 aromatic rings. The Morgan fingerprint density at radius 3 is 2.62 bits per heavy atom. The number of para-hydroxylation sites is 1. The highest BCUT2D eigenvalue weighted by Crippen LogP contribution is 2.22. The molecule has 1 aromatic carbocycles. The summed E-state index contributed by atoms with van der Waals surface area (Å²) < 4.78 is 10.7. The number of carbonyl (C=O) groups excluding carboxylic acids is 1. The van der Waals surface area contributed by atoms with Gasteiger partial charge in [-0.05, 0) is 38.3 Å². The molecule has 5 nitrogen and oxygen atoms in total. The van der Waals surface area contributed by atoms with Gasteiger partial charge in [0.15, 0.2) is 0 Å². The SMILES string of the molecule is Cc1cc(NC(=O)CCCOc2c(C)cccc2C)on1. The first-order valence-electron chi connectivity index (χ1n) is 6.98. The summed E-state index contributed by atoms with van der Waals surface area (Å²) in [6.45, 7) is 6.34. The fourth-order valence-electron chi connectivity index (χ4n) is 2.06. The van der Waals surface area contributed by atoms with E-state index in [1.807, 2.05) is 32.0 Å². The summed E-state index contributed by atoms with van der Waals surface area (Å²) in [4.78, 5) is 11.7. The zero-order chi connectivity index (χ0) is 15.2. The maximum atomic E-state index is 11.7. The fraction of sp³-hybridized carbons (Fsp3) is 0.375.